The zero-order valence-electron chi connectivity index (χ0n) is 9.78. The molecule has 0 saturated carbocycles. The Morgan fingerprint density at radius 1 is 1.41 bits per heavy atom. The van der Waals surface area contributed by atoms with Crippen molar-refractivity contribution in [3.05, 3.63) is 29.8 Å². The van der Waals surface area contributed by atoms with Crippen LogP contribution in [0.4, 0.5) is 0 Å². The summed E-state index contributed by atoms with van der Waals surface area (Å²) >= 11 is 0. The fraction of sp³-hybridized carbons (Fsp3) is 0.462. The van der Waals surface area contributed by atoms with E-state index in [1.165, 1.54) is 0 Å². The predicted octanol–water partition coefficient (Wildman–Crippen LogP) is 1.15. The first-order chi connectivity index (χ1) is 8.25. The first-order valence-corrected chi connectivity index (χ1v) is 6.05. The second-order valence-corrected chi connectivity index (χ2v) is 4.39. The molecule has 0 spiro atoms. The highest BCUT2D eigenvalue weighted by Crippen LogP contribution is 2.12. The number of aromatic hydroxyl groups is 1. The molecule has 0 bridgehead atoms. The number of phenols is 1. The lowest BCUT2D eigenvalue weighted by Crippen LogP contribution is -2.42. The van der Waals surface area contributed by atoms with E-state index in [1.807, 2.05) is 6.07 Å². The summed E-state index contributed by atoms with van der Waals surface area (Å²) in [4.78, 5) is 11.7. The third-order valence-corrected chi connectivity index (χ3v) is 3.00. The van der Waals surface area contributed by atoms with Crippen molar-refractivity contribution in [1.82, 2.24) is 10.6 Å². The van der Waals surface area contributed by atoms with Crippen LogP contribution in [0.5, 0.6) is 5.75 Å². The molecule has 1 aliphatic heterocycles. The van der Waals surface area contributed by atoms with Crippen LogP contribution in [0.25, 0.3) is 0 Å². The average molecular weight is 234 g/mol. The van der Waals surface area contributed by atoms with Gasteiger partial charge < -0.3 is 15.7 Å². The summed E-state index contributed by atoms with van der Waals surface area (Å²) in [6.07, 6.45) is 3.00. The van der Waals surface area contributed by atoms with Crippen LogP contribution in [0.1, 0.15) is 24.8 Å². The van der Waals surface area contributed by atoms with Crippen LogP contribution in [-0.2, 0) is 11.3 Å². The van der Waals surface area contributed by atoms with Gasteiger partial charge >= 0.3 is 0 Å². The Balaban J connectivity index is 1.90. The molecule has 0 radical (unpaired) electrons. The summed E-state index contributed by atoms with van der Waals surface area (Å²) in [6.45, 7) is 1.38. The second-order valence-electron chi connectivity index (χ2n) is 4.39. The molecule has 92 valence electrons. The third kappa shape index (κ3) is 3.46. The number of hydrogen-bond donors (Lipinski definition) is 3. The van der Waals surface area contributed by atoms with E-state index in [0.29, 0.717) is 6.54 Å². The Hall–Kier alpha value is -1.55. The molecule has 1 fully saturated rings. The van der Waals surface area contributed by atoms with E-state index < -0.39 is 0 Å². The Bertz CT molecular complexity index is 393. The average Bonchev–Trinajstić information content (AvgIpc) is 2.52. The van der Waals surface area contributed by atoms with Gasteiger partial charge in [-0.25, -0.2) is 0 Å². The van der Waals surface area contributed by atoms with E-state index in [-0.39, 0.29) is 17.7 Å². The lowest BCUT2D eigenvalue weighted by Gasteiger charge is -2.15. The van der Waals surface area contributed by atoms with Gasteiger partial charge in [0.15, 0.2) is 0 Å². The van der Waals surface area contributed by atoms with Crippen LogP contribution < -0.4 is 10.6 Å². The van der Waals surface area contributed by atoms with Crippen LogP contribution in [0, 0.1) is 0 Å². The molecule has 1 aromatic rings. The summed E-state index contributed by atoms with van der Waals surface area (Å²) in [5, 5.41) is 15.5. The number of phenolic OH excluding ortho intramolecular Hbond substituents is 1. The highest BCUT2D eigenvalue weighted by molar-refractivity contribution is 5.81. The molecule has 4 nitrogen and oxygen atoms in total. The molecule has 17 heavy (non-hydrogen) atoms. The number of hydrogen-bond acceptors (Lipinski definition) is 3. The number of amides is 1. The van der Waals surface area contributed by atoms with Crippen molar-refractivity contribution >= 4 is 5.91 Å². The van der Waals surface area contributed by atoms with Crippen molar-refractivity contribution in [2.75, 3.05) is 6.54 Å². The molecule has 1 unspecified atom stereocenters. The minimum absolute atomic E-state index is 0.0858. The fourth-order valence-corrected chi connectivity index (χ4v) is 2.04. The van der Waals surface area contributed by atoms with Crippen LogP contribution >= 0.6 is 0 Å². The van der Waals surface area contributed by atoms with E-state index in [9.17, 15) is 9.90 Å². The Morgan fingerprint density at radius 3 is 3.12 bits per heavy atom. The van der Waals surface area contributed by atoms with Crippen LogP contribution in [-0.4, -0.2) is 23.6 Å². The van der Waals surface area contributed by atoms with Crippen LogP contribution in [0.2, 0.25) is 0 Å². The van der Waals surface area contributed by atoms with Crippen molar-refractivity contribution in [3.8, 4) is 5.75 Å². The molecule has 4 heteroatoms. The molecule has 1 amide bonds. The van der Waals surface area contributed by atoms with Gasteiger partial charge in [-0.05, 0) is 37.0 Å². The normalized spacial score (nSPS) is 20.7. The minimum Gasteiger partial charge on any atom is -0.508 e. The van der Waals surface area contributed by atoms with Gasteiger partial charge in [0.2, 0.25) is 5.91 Å². The van der Waals surface area contributed by atoms with Gasteiger partial charge in [0, 0.05) is 13.1 Å². The molecule has 1 aromatic carbocycles. The van der Waals surface area contributed by atoms with Crippen molar-refractivity contribution in [3.63, 3.8) is 0 Å². The summed E-state index contributed by atoms with van der Waals surface area (Å²) in [7, 11) is 0. The van der Waals surface area contributed by atoms with Crippen molar-refractivity contribution in [1.29, 1.82) is 0 Å². The van der Waals surface area contributed by atoms with Gasteiger partial charge in [0.1, 0.15) is 5.75 Å². The molecule has 0 aliphatic carbocycles. The molecule has 1 heterocycles. The van der Waals surface area contributed by atoms with E-state index in [0.717, 1.165) is 31.4 Å². The Morgan fingerprint density at radius 2 is 2.29 bits per heavy atom. The number of benzene rings is 1. The maximum atomic E-state index is 11.7. The predicted molar refractivity (Wildman–Crippen MR) is 65.6 cm³/mol. The summed E-state index contributed by atoms with van der Waals surface area (Å²) in [6, 6.07) is 6.98. The first-order valence-electron chi connectivity index (χ1n) is 6.05. The number of carbonyl (C=O) groups is 1. The Labute approximate surface area is 101 Å². The van der Waals surface area contributed by atoms with Crippen molar-refractivity contribution in [2.24, 2.45) is 0 Å². The van der Waals surface area contributed by atoms with E-state index >= 15 is 0 Å². The monoisotopic (exact) mass is 234 g/mol. The molecular weight excluding hydrogens is 216 g/mol. The van der Waals surface area contributed by atoms with Gasteiger partial charge in [-0.1, -0.05) is 12.1 Å². The second kappa shape index (κ2) is 5.68. The van der Waals surface area contributed by atoms with Crippen molar-refractivity contribution < 1.29 is 9.90 Å². The maximum absolute atomic E-state index is 11.7. The van der Waals surface area contributed by atoms with Gasteiger partial charge in [0.25, 0.3) is 0 Å². The smallest absolute Gasteiger partial charge is 0.237 e. The molecule has 1 atom stereocenters. The lowest BCUT2D eigenvalue weighted by atomic mass is 10.1. The molecule has 2 rings (SSSR count). The summed E-state index contributed by atoms with van der Waals surface area (Å²) in [5.74, 6) is 0.345. The Kier molecular flexibility index (Phi) is 3.98. The molecular formula is C13H18N2O2. The minimum atomic E-state index is -0.111. The van der Waals surface area contributed by atoms with Gasteiger partial charge in [0.05, 0.1) is 6.04 Å². The summed E-state index contributed by atoms with van der Waals surface area (Å²) < 4.78 is 0. The highest BCUT2D eigenvalue weighted by Gasteiger charge is 2.19. The van der Waals surface area contributed by atoms with E-state index in [4.69, 9.17) is 0 Å². The number of rotatable bonds is 3. The highest BCUT2D eigenvalue weighted by atomic mass is 16.3. The van der Waals surface area contributed by atoms with Gasteiger partial charge in [-0.2, -0.15) is 0 Å². The van der Waals surface area contributed by atoms with Gasteiger partial charge in [-0.15, -0.1) is 0 Å². The quantitative estimate of drug-likeness (QED) is 0.735. The zero-order chi connectivity index (χ0) is 12.1. The lowest BCUT2D eigenvalue weighted by molar-refractivity contribution is -0.122. The van der Waals surface area contributed by atoms with Gasteiger partial charge in [-0.3, -0.25) is 4.79 Å². The SMILES string of the molecule is O=C1NCCCCC1NCc1cccc(O)c1. The maximum Gasteiger partial charge on any atom is 0.237 e. The molecule has 3 N–H and O–H groups in total. The van der Waals surface area contributed by atoms with E-state index in [2.05, 4.69) is 10.6 Å². The first kappa shape index (κ1) is 11.9. The topological polar surface area (TPSA) is 61.4 Å². The van der Waals surface area contributed by atoms with Crippen molar-refractivity contribution in [2.45, 2.75) is 31.8 Å². The molecule has 1 saturated heterocycles. The fourth-order valence-electron chi connectivity index (χ4n) is 2.04. The third-order valence-electron chi connectivity index (χ3n) is 3.00. The largest absolute Gasteiger partial charge is 0.508 e. The standard InChI is InChI=1S/C13H18N2O2/c16-11-5-3-4-10(8-11)9-15-12-6-1-2-7-14-13(12)17/h3-5,8,12,15-16H,1-2,6-7,9H2,(H,14,17). The molecule has 1 aliphatic rings. The number of carbonyl (C=O) groups excluding carboxylic acids is 1. The molecule has 0 aromatic heterocycles. The summed E-state index contributed by atoms with van der Waals surface area (Å²) in [5.41, 5.74) is 0.988. The number of nitrogens with one attached hydrogen (secondary N) is 2. The van der Waals surface area contributed by atoms with Crippen LogP contribution in [0.3, 0.4) is 0 Å². The zero-order valence-corrected chi connectivity index (χ0v) is 9.78. The van der Waals surface area contributed by atoms with E-state index in [1.54, 1.807) is 18.2 Å². The van der Waals surface area contributed by atoms with Crippen LogP contribution in [0.15, 0.2) is 24.3 Å².